The molecule has 2 aliphatic heterocycles. The summed E-state index contributed by atoms with van der Waals surface area (Å²) < 4.78 is 48.0. The average molecular weight is 595 g/mol. The first-order valence-electron chi connectivity index (χ1n) is 12.4. The molecule has 17 nitrogen and oxygen atoms in total. The van der Waals surface area contributed by atoms with Crippen molar-refractivity contribution in [3.63, 3.8) is 0 Å². The third-order valence-corrected chi connectivity index (χ3v) is 5.63. The minimum Gasteiger partial charge on any atom is -0.463 e. The summed E-state index contributed by atoms with van der Waals surface area (Å²) >= 11 is 0. The van der Waals surface area contributed by atoms with Crippen LogP contribution in [0.5, 0.6) is 0 Å². The van der Waals surface area contributed by atoms with Crippen molar-refractivity contribution >= 4 is 35.8 Å². The highest BCUT2D eigenvalue weighted by Gasteiger charge is 2.56. The van der Waals surface area contributed by atoms with Gasteiger partial charge in [0.2, 0.25) is 0 Å². The predicted octanol–water partition coefficient (Wildman–Crippen LogP) is -1.97. The fourth-order valence-corrected chi connectivity index (χ4v) is 4.17. The van der Waals surface area contributed by atoms with Crippen LogP contribution in [0.1, 0.15) is 41.5 Å². The molecular weight excluding hydrogens is 560 g/mol. The molecule has 2 rings (SSSR count). The Labute approximate surface area is 234 Å². The Morgan fingerprint density at radius 1 is 0.537 bits per heavy atom. The Kier molecular flexibility index (Phi) is 12.4. The summed E-state index contributed by atoms with van der Waals surface area (Å²) in [6, 6.07) is 0. The van der Waals surface area contributed by atoms with Crippen LogP contribution in [0.2, 0.25) is 0 Å². The van der Waals surface area contributed by atoms with E-state index in [-0.39, 0.29) is 0 Å². The maximum Gasteiger partial charge on any atom is 0.303 e. The van der Waals surface area contributed by atoms with Crippen molar-refractivity contribution < 1.29 is 81.6 Å². The molecule has 0 spiro atoms. The molecule has 0 aliphatic carbocycles. The van der Waals surface area contributed by atoms with Crippen molar-refractivity contribution in [1.29, 1.82) is 0 Å². The maximum atomic E-state index is 12.0. The van der Waals surface area contributed by atoms with Crippen molar-refractivity contribution in [2.24, 2.45) is 0 Å². The first kappa shape index (κ1) is 33.8. The molecule has 0 aromatic rings. The number of aliphatic hydroxyl groups excluding tert-OH is 2. The van der Waals surface area contributed by atoms with Gasteiger partial charge in [-0.05, 0) is 0 Å². The highest BCUT2D eigenvalue weighted by molar-refractivity contribution is 5.68. The first-order valence-corrected chi connectivity index (χ1v) is 12.4. The zero-order chi connectivity index (χ0) is 31.0. The standard InChI is InChI=1S/C24H34O17/c1-9(25)33-7-15-17(31)19(35-11(3)27)22(38-14(6)30)24(40-15)41-18-16(8-34-10(2)26)39-23(32)21(37-13(5)29)20(18)36-12(4)28/h15-24,31-32H,7-8H2,1-6H3/t15-,16-,17-,18-,19+,20+,21-,22-,23?,24+/m1/s1. The Hall–Kier alpha value is -3.38. The second-order valence-electron chi connectivity index (χ2n) is 9.10. The molecule has 1 unspecified atom stereocenters. The highest BCUT2D eigenvalue weighted by Crippen LogP contribution is 2.33. The Bertz CT molecular complexity index is 981. The van der Waals surface area contributed by atoms with Gasteiger partial charge in [0.15, 0.2) is 37.0 Å². The van der Waals surface area contributed by atoms with Gasteiger partial charge in [-0.3, -0.25) is 28.8 Å². The van der Waals surface area contributed by atoms with E-state index in [1.807, 2.05) is 0 Å². The second kappa shape index (κ2) is 15.0. The molecular formula is C24H34O17. The summed E-state index contributed by atoms with van der Waals surface area (Å²) in [7, 11) is 0. The van der Waals surface area contributed by atoms with Crippen LogP contribution in [0.4, 0.5) is 0 Å². The van der Waals surface area contributed by atoms with E-state index in [4.69, 9.17) is 42.6 Å². The van der Waals surface area contributed by atoms with Gasteiger partial charge in [0.25, 0.3) is 0 Å². The maximum absolute atomic E-state index is 12.0. The zero-order valence-corrected chi connectivity index (χ0v) is 23.2. The van der Waals surface area contributed by atoms with Gasteiger partial charge in [-0.2, -0.15) is 0 Å². The number of rotatable bonds is 10. The molecule has 0 radical (unpaired) electrons. The molecule has 0 saturated carbocycles. The summed E-state index contributed by atoms with van der Waals surface area (Å²) in [4.78, 5) is 70.6. The normalized spacial score (nSPS) is 33.1. The number of ether oxygens (including phenoxy) is 9. The number of carbonyl (C=O) groups excluding carboxylic acids is 6. The molecule has 2 aliphatic rings. The summed E-state index contributed by atoms with van der Waals surface area (Å²) in [6.07, 6.45) is -16.3. The molecule has 2 N–H and O–H groups in total. The van der Waals surface area contributed by atoms with Crippen LogP contribution in [0, 0.1) is 0 Å². The van der Waals surface area contributed by atoms with Gasteiger partial charge in [0.1, 0.15) is 37.6 Å². The molecule has 2 heterocycles. The topological polar surface area (TPSA) is 226 Å². The van der Waals surface area contributed by atoms with E-state index < -0.39 is 110 Å². The van der Waals surface area contributed by atoms with E-state index >= 15 is 0 Å². The van der Waals surface area contributed by atoms with E-state index in [9.17, 15) is 39.0 Å². The minimum atomic E-state index is -1.88. The van der Waals surface area contributed by atoms with E-state index in [1.54, 1.807) is 0 Å². The largest absolute Gasteiger partial charge is 0.463 e. The number of hydrogen-bond acceptors (Lipinski definition) is 17. The van der Waals surface area contributed by atoms with Crippen LogP contribution in [0.15, 0.2) is 0 Å². The van der Waals surface area contributed by atoms with Crippen LogP contribution < -0.4 is 0 Å². The number of aliphatic hydroxyl groups is 2. The van der Waals surface area contributed by atoms with Gasteiger partial charge in [0, 0.05) is 41.5 Å². The Morgan fingerprint density at radius 3 is 1.46 bits per heavy atom. The molecule has 41 heavy (non-hydrogen) atoms. The average Bonchev–Trinajstić information content (AvgIpc) is 2.83. The summed E-state index contributed by atoms with van der Waals surface area (Å²) in [5.41, 5.74) is 0. The summed E-state index contributed by atoms with van der Waals surface area (Å²) in [5.74, 6) is -5.07. The lowest BCUT2D eigenvalue weighted by molar-refractivity contribution is -0.357. The Balaban J connectivity index is 2.57. The SMILES string of the molecule is CC(=O)OC[C@H]1O[C@@H](O[C@H]2[C@H](OC(C)=O)[C@@H](OC(C)=O)C(O)O[C@@H]2COC(C)=O)[C@H](OC(C)=O)[C@@H](OC(C)=O)[C@@H]1O. The minimum absolute atomic E-state index is 0.554. The lowest BCUT2D eigenvalue weighted by atomic mass is 9.96. The molecule has 0 aromatic heterocycles. The van der Waals surface area contributed by atoms with Gasteiger partial charge in [0.05, 0.1) is 0 Å². The highest BCUT2D eigenvalue weighted by atomic mass is 16.8. The lowest BCUT2D eigenvalue weighted by Gasteiger charge is -2.47. The van der Waals surface area contributed by atoms with Gasteiger partial charge >= 0.3 is 35.8 Å². The molecule has 232 valence electrons. The molecule has 17 heteroatoms. The van der Waals surface area contributed by atoms with Crippen molar-refractivity contribution in [3.8, 4) is 0 Å². The van der Waals surface area contributed by atoms with Crippen molar-refractivity contribution in [1.82, 2.24) is 0 Å². The van der Waals surface area contributed by atoms with Crippen molar-refractivity contribution in [2.75, 3.05) is 13.2 Å². The van der Waals surface area contributed by atoms with Gasteiger partial charge in [-0.15, -0.1) is 0 Å². The van der Waals surface area contributed by atoms with Gasteiger partial charge in [-0.1, -0.05) is 0 Å². The van der Waals surface area contributed by atoms with Crippen LogP contribution in [0.3, 0.4) is 0 Å². The molecule has 2 fully saturated rings. The van der Waals surface area contributed by atoms with Crippen LogP contribution in [0.25, 0.3) is 0 Å². The molecule has 10 atom stereocenters. The number of esters is 6. The fourth-order valence-electron chi connectivity index (χ4n) is 4.17. The second-order valence-corrected chi connectivity index (χ2v) is 9.10. The molecule has 0 bridgehead atoms. The lowest BCUT2D eigenvalue weighted by Crippen LogP contribution is -2.66. The summed E-state index contributed by atoms with van der Waals surface area (Å²) in [6.45, 7) is 5.14. The third-order valence-electron chi connectivity index (χ3n) is 5.63. The van der Waals surface area contributed by atoms with Gasteiger partial charge in [-0.25, -0.2) is 0 Å². The van der Waals surface area contributed by atoms with E-state index in [0.29, 0.717) is 0 Å². The first-order chi connectivity index (χ1) is 19.1. The summed E-state index contributed by atoms with van der Waals surface area (Å²) in [5, 5.41) is 21.4. The van der Waals surface area contributed by atoms with Crippen LogP contribution >= 0.6 is 0 Å². The molecule has 2 saturated heterocycles. The predicted molar refractivity (Wildman–Crippen MR) is 126 cm³/mol. The monoisotopic (exact) mass is 594 g/mol. The van der Waals surface area contributed by atoms with Crippen LogP contribution in [-0.2, 0) is 71.4 Å². The van der Waals surface area contributed by atoms with E-state index in [2.05, 4.69) is 0 Å². The van der Waals surface area contributed by atoms with Gasteiger partial charge < -0.3 is 52.8 Å². The van der Waals surface area contributed by atoms with Crippen molar-refractivity contribution in [2.45, 2.75) is 103 Å². The van der Waals surface area contributed by atoms with Crippen LogP contribution in [-0.4, -0.2) is 121 Å². The molecule has 0 amide bonds. The quantitative estimate of drug-likeness (QED) is 0.206. The smallest absolute Gasteiger partial charge is 0.303 e. The zero-order valence-electron chi connectivity index (χ0n) is 23.2. The third kappa shape index (κ3) is 9.89. The van der Waals surface area contributed by atoms with E-state index in [0.717, 1.165) is 41.5 Å². The van der Waals surface area contributed by atoms with E-state index in [1.165, 1.54) is 0 Å². The van der Waals surface area contributed by atoms with Crippen molar-refractivity contribution in [3.05, 3.63) is 0 Å². The number of carbonyl (C=O) groups is 6. The molecule has 0 aromatic carbocycles. The Morgan fingerprint density at radius 2 is 0.976 bits per heavy atom. The number of hydrogen-bond donors (Lipinski definition) is 2. The fraction of sp³-hybridized carbons (Fsp3) is 0.750.